The molecule has 0 radical (unpaired) electrons. The van der Waals surface area contributed by atoms with Gasteiger partial charge in [0, 0.05) is 13.1 Å². The quantitative estimate of drug-likeness (QED) is 0.803. The van der Waals surface area contributed by atoms with Gasteiger partial charge < -0.3 is 14.7 Å². The van der Waals surface area contributed by atoms with Gasteiger partial charge in [0.2, 0.25) is 0 Å². The van der Waals surface area contributed by atoms with E-state index >= 15 is 0 Å². The zero-order valence-electron chi connectivity index (χ0n) is 12.6. The maximum absolute atomic E-state index is 12.2. The van der Waals surface area contributed by atoms with Crippen LogP contribution in [0.3, 0.4) is 0 Å². The van der Waals surface area contributed by atoms with Crippen LogP contribution >= 0.6 is 0 Å². The first-order valence-electron chi connectivity index (χ1n) is 7.46. The Morgan fingerprint density at radius 2 is 1.95 bits per heavy atom. The van der Waals surface area contributed by atoms with Crippen LogP contribution in [-0.4, -0.2) is 40.8 Å². The highest BCUT2D eigenvalue weighted by atomic mass is 16.6. The van der Waals surface area contributed by atoms with Crippen molar-refractivity contribution in [3.8, 4) is 0 Å². The van der Waals surface area contributed by atoms with Gasteiger partial charge in [0.05, 0.1) is 5.41 Å². The molecule has 1 aliphatic carbocycles. The van der Waals surface area contributed by atoms with Gasteiger partial charge >= 0.3 is 12.1 Å². The van der Waals surface area contributed by atoms with Crippen molar-refractivity contribution in [1.82, 2.24) is 4.90 Å². The number of carboxylic acids is 1. The SMILES string of the molecule is CC(C)(C)OC(=O)N1C[C@H]2CCCCC[C@@]2(C(=O)O)C1. The first-order valence-corrected chi connectivity index (χ1v) is 7.46. The molecule has 2 rings (SSSR count). The van der Waals surface area contributed by atoms with Crippen molar-refractivity contribution in [1.29, 1.82) is 0 Å². The first kappa shape index (κ1) is 15.1. The fourth-order valence-corrected chi connectivity index (χ4v) is 3.45. The molecule has 114 valence electrons. The number of hydrogen-bond donors (Lipinski definition) is 1. The van der Waals surface area contributed by atoms with E-state index in [-0.39, 0.29) is 12.0 Å². The summed E-state index contributed by atoms with van der Waals surface area (Å²) in [6.07, 6.45) is 4.27. The van der Waals surface area contributed by atoms with Crippen LogP contribution in [-0.2, 0) is 9.53 Å². The lowest BCUT2D eigenvalue weighted by Gasteiger charge is -2.28. The molecule has 0 aromatic rings. The molecule has 1 heterocycles. The van der Waals surface area contributed by atoms with Crippen LogP contribution < -0.4 is 0 Å². The van der Waals surface area contributed by atoms with Gasteiger partial charge in [-0.2, -0.15) is 0 Å². The van der Waals surface area contributed by atoms with Crippen LogP contribution in [0.2, 0.25) is 0 Å². The van der Waals surface area contributed by atoms with Crippen molar-refractivity contribution >= 4 is 12.1 Å². The summed E-state index contributed by atoms with van der Waals surface area (Å²) in [6.45, 7) is 6.28. The summed E-state index contributed by atoms with van der Waals surface area (Å²) in [4.78, 5) is 25.5. The molecule has 5 heteroatoms. The lowest BCUT2D eigenvalue weighted by atomic mass is 9.74. The zero-order chi connectivity index (χ0) is 15.0. The number of hydrogen-bond acceptors (Lipinski definition) is 3. The molecule has 1 amide bonds. The van der Waals surface area contributed by atoms with Gasteiger partial charge in [0.1, 0.15) is 5.60 Å². The number of nitrogens with zero attached hydrogens (tertiary/aromatic N) is 1. The maximum atomic E-state index is 12.2. The van der Waals surface area contributed by atoms with Crippen molar-refractivity contribution in [2.45, 2.75) is 58.5 Å². The van der Waals surface area contributed by atoms with E-state index in [1.807, 2.05) is 20.8 Å². The molecule has 2 aliphatic rings. The van der Waals surface area contributed by atoms with Gasteiger partial charge in [0.25, 0.3) is 0 Å². The van der Waals surface area contributed by atoms with E-state index < -0.39 is 17.0 Å². The van der Waals surface area contributed by atoms with Crippen molar-refractivity contribution < 1.29 is 19.4 Å². The summed E-state index contributed by atoms with van der Waals surface area (Å²) >= 11 is 0. The number of fused-ring (bicyclic) bond motifs is 1. The minimum absolute atomic E-state index is 0.0648. The molecule has 1 N–H and O–H groups in total. The summed E-state index contributed by atoms with van der Waals surface area (Å²) in [5.41, 5.74) is -1.30. The van der Waals surface area contributed by atoms with Crippen molar-refractivity contribution in [3.63, 3.8) is 0 Å². The van der Waals surface area contributed by atoms with Crippen LogP contribution in [0.5, 0.6) is 0 Å². The second-order valence-electron chi connectivity index (χ2n) is 7.12. The predicted molar refractivity (Wildman–Crippen MR) is 74.5 cm³/mol. The Morgan fingerprint density at radius 3 is 2.55 bits per heavy atom. The molecular formula is C15H25NO4. The minimum atomic E-state index is -0.757. The molecule has 1 saturated heterocycles. The summed E-state index contributed by atoms with van der Waals surface area (Å²) in [5, 5.41) is 9.68. The summed E-state index contributed by atoms with van der Waals surface area (Å²) in [6, 6.07) is 0. The number of likely N-dealkylation sites (tertiary alicyclic amines) is 1. The molecule has 0 unspecified atom stereocenters. The molecule has 1 aliphatic heterocycles. The number of ether oxygens (including phenoxy) is 1. The van der Waals surface area contributed by atoms with Gasteiger partial charge in [0.15, 0.2) is 0 Å². The lowest BCUT2D eigenvalue weighted by molar-refractivity contribution is -0.151. The highest BCUT2D eigenvalue weighted by molar-refractivity contribution is 5.78. The fraction of sp³-hybridized carbons (Fsp3) is 0.867. The summed E-state index contributed by atoms with van der Waals surface area (Å²) in [7, 11) is 0. The topological polar surface area (TPSA) is 66.8 Å². The van der Waals surface area contributed by atoms with E-state index in [0.717, 1.165) is 25.7 Å². The highest BCUT2D eigenvalue weighted by Gasteiger charge is 2.53. The largest absolute Gasteiger partial charge is 0.481 e. The molecular weight excluding hydrogens is 258 g/mol. The van der Waals surface area contributed by atoms with Gasteiger partial charge in [-0.25, -0.2) is 4.79 Å². The van der Waals surface area contributed by atoms with E-state index in [1.54, 1.807) is 4.90 Å². The second kappa shape index (κ2) is 5.26. The number of carboxylic acid groups (broad SMARTS) is 1. The molecule has 2 fully saturated rings. The van der Waals surface area contributed by atoms with Gasteiger partial charge in [-0.15, -0.1) is 0 Å². The third kappa shape index (κ3) is 2.91. The Bertz CT molecular complexity index is 401. The molecule has 20 heavy (non-hydrogen) atoms. The van der Waals surface area contributed by atoms with Crippen LogP contribution in [0.25, 0.3) is 0 Å². The molecule has 5 nitrogen and oxygen atoms in total. The van der Waals surface area contributed by atoms with Crippen LogP contribution in [0.15, 0.2) is 0 Å². The summed E-state index contributed by atoms with van der Waals surface area (Å²) in [5.74, 6) is -0.689. The van der Waals surface area contributed by atoms with E-state index in [1.165, 1.54) is 0 Å². The normalized spacial score (nSPS) is 30.6. The second-order valence-corrected chi connectivity index (χ2v) is 7.12. The number of rotatable bonds is 1. The zero-order valence-corrected chi connectivity index (χ0v) is 12.6. The highest BCUT2D eigenvalue weighted by Crippen LogP contribution is 2.46. The van der Waals surface area contributed by atoms with Crippen LogP contribution in [0.4, 0.5) is 4.79 Å². The Labute approximate surface area is 120 Å². The third-order valence-corrected chi connectivity index (χ3v) is 4.45. The fourth-order valence-electron chi connectivity index (χ4n) is 3.45. The van der Waals surface area contributed by atoms with Gasteiger partial charge in [-0.1, -0.05) is 19.3 Å². The van der Waals surface area contributed by atoms with Gasteiger partial charge in [-0.05, 0) is 39.5 Å². The van der Waals surface area contributed by atoms with E-state index in [4.69, 9.17) is 4.74 Å². The number of aliphatic carboxylic acids is 1. The van der Waals surface area contributed by atoms with Crippen molar-refractivity contribution in [2.75, 3.05) is 13.1 Å². The van der Waals surface area contributed by atoms with E-state index in [9.17, 15) is 14.7 Å². The average Bonchev–Trinajstić information content (AvgIpc) is 2.56. The molecule has 0 aromatic heterocycles. The van der Waals surface area contributed by atoms with Crippen LogP contribution in [0.1, 0.15) is 52.9 Å². The third-order valence-electron chi connectivity index (χ3n) is 4.45. The Balaban J connectivity index is 2.14. The summed E-state index contributed by atoms with van der Waals surface area (Å²) < 4.78 is 5.38. The average molecular weight is 283 g/mol. The Morgan fingerprint density at radius 1 is 1.25 bits per heavy atom. The van der Waals surface area contributed by atoms with E-state index in [2.05, 4.69) is 0 Å². The minimum Gasteiger partial charge on any atom is -0.481 e. The Hall–Kier alpha value is -1.26. The van der Waals surface area contributed by atoms with Crippen LogP contribution in [0, 0.1) is 11.3 Å². The van der Waals surface area contributed by atoms with Crippen molar-refractivity contribution in [2.24, 2.45) is 11.3 Å². The standard InChI is InChI=1S/C15H25NO4/c1-14(2,3)20-13(19)16-9-11-7-5-4-6-8-15(11,10-16)12(17)18/h11H,4-10H2,1-3H3,(H,17,18)/t11-,15-/m1/s1. The molecule has 0 aromatic carbocycles. The number of carbonyl (C=O) groups is 2. The Kier molecular flexibility index (Phi) is 3.98. The lowest BCUT2D eigenvalue weighted by Crippen LogP contribution is -2.40. The van der Waals surface area contributed by atoms with E-state index in [0.29, 0.717) is 19.5 Å². The van der Waals surface area contributed by atoms with Crippen molar-refractivity contribution in [3.05, 3.63) is 0 Å². The maximum Gasteiger partial charge on any atom is 0.410 e. The van der Waals surface area contributed by atoms with Gasteiger partial charge in [-0.3, -0.25) is 4.79 Å². The number of carbonyl (C=O) groups excluding carboxylic acids is 1. The monoisotopic (exact) mass is 283 g/mol. The molecule has 1 saturated carbocycles. The number of amides is 1. The molecule has 0 bridgehead atoms. The molecule has 0 spiro atoms. The molecule has 2 atom stereocenters. The predicted octanol–water partition coefficient (Wildman–Crippen LogP) is 2.89. The first-order chi connectivity index (χ1) is 9.24. The smallest absolute Gasteiger partial charge is 0.410 e.